The Kier molecular flexibility index (Phi) is 6.03. The number of amides is 2. The van der Waals surface area contributed by atoms with Gasteiger partial charge < -0.3 is 10.6 Å². The lowest BCUT2D eigenvalue weighted by Gasteiger charge is -2.11. The van der Waals surface area contributed by atoms with Crippen molar-refractivity contribution in [3.63, 3.8) is 0 Å². The molecule has 0 atom stereocenters. The molecule has 3 aromatic carbocycles. The van der Waals surface area contributed by atoms with E-state index >= 15 is 0 Å². The first-order chi connectivity index (χ1) is 13.7. The summed E-state index contributed by atoms with van der Waals surface area (Å²) in [7, 11) is 0. The van der Waals surface area contributed by atoms with Crippen LogP contribution in [0.1, 0.15) is 26.3 Å². The van der Waals surface area contributed by atoms with Crippen LogP contribution in [0.4, 0.5) is 24.5 Å². The maximum Gasteiger partial charge on any atom is 0.416 e. The van der Waals surface area contributed by atoms with Crippen LogP contribution in [0.3, 0.4) is 0 Å². The van der Waals surface area contributed by atoms with E-state index in [1.54, 1.807) is 36.4 Å². The van der Waals surface area contributed by atoms with Gasteiger partial charge in [0.2, 0.25) is 0 Å². The Morgan fingerprint density at radius 3 is 2.07 bits per heavy atom. The van der Waals surface area contributed by atoms with Crippen molar-refractivity contribution in [1.29, 1.82) is 0 Å². The molecule has 0 saturated heterocycles. The number of anilines is 2. The third-order valence-corrected chi connectivity index (χ3v) is 4.64. The van der Waals surface area contributed by atoms with Gasteiger partial charge in [0, 0.05) is 21.4 Å². The van der Waals surface area contributed by atoms with Crippen molar-refractivity contribution >= 4 is 39.1 Å². The van der Waals surface area contributed by atoms with Gasteiger partial charge in [-0.1, -0.05) is 24.3 Å². The van der Waals surface area contributed by atoms with Crippen molar-refractivity contribution in [1.82, 2.24) is 0 Å². The fraction of sp³-hybridized carbons (Fsp3) is 0.0476. The lowest BCUT2D eigenvalue weighted by Crippen LogP contribution is -2.15. The molecule has 0 aromatic heterocycles. The number of halogens is 4. The average Bonchev–Trinajstić information content (AvgIpc) is 2.68. The number of alkyl halides is 3. The standard InChI is InChI=1S/C21H14BrF3N2O2/c22-18-10-2-1-9-17(18)20(29)27-15-7-3-5-13(11-15)19(28)26-16-8-4-6-14(12-16)21(23,24)25/h1-12H,(H,26,28)(H,27,29). The van der Waals surface area contributed by atoms with E-state index in [0.29, 0.717) is 15.7 Å². The van der Waals surface area contributed by atoms with Crippen molar-refractivity contribution in [2.45, 2.75) is 6.18 Å². The Hall–Kier alpha value is -3.13. The molecule has 0 saturated carbocycles. The summed E-state index contributed by atoms with van der Waals surface area (Å²) in [5.74, 6) is -0.964. The molecule has 3 aromatic rings. The highest BCUT2D eigenvalue weighted by molar-refractivity contribution is 9.10. The monoisotopic (exact) mass is 462 g/mol. The molecular weight excluding hydrogens is 449 g/mol. The van der Waals surface area contributed by atoms with Gasteiger partial charge in [0.15, 0.2) is 0 Å². The summed E-state index contributed by atoms with van der Waals surface area (Å²) in [5.41, 5.74) is 0.151. The summed E-state index contributed by atoms with van der Waals surface area (Å²) in [5, 5.41) is 5.12. The zero-order valence-electron chi connectivity index (χ0n) is 14.8. The number of hydrogen-bond donors (Lipinski definition) is 2. The van der Waals surface area contributed by atoms with E-state index in [9.17, 15) is 22.8 Å². The van der Waals surface area contributed by atoms with Crippen molar-refractivity contribution in [2.75, 3.05) is 10.6 Å². The third kappa shape index (κ3) is 5.23. The molecule has 0 fully saturated rings. The van der Waals surface area contributed by atoms with Crippen LogP contribution in [0.5, 0.6) is 0 Å². The third-order valence-electron chi connectivity index (χ3n) is 3.95. The largest absolute Gasteiger partial charge is 0.416 e. The second kappa shape index (κ2) is 8.48. The molecule has 0 bridgehead atoms. The molecule has 29 heavy (non-hydrogen) atoms. The SMILES string of the molecule is O=C(Nc1cccc(C(F)(F)F)c1)c1cccc(NC(=O)c2ccccc2Br)c1. The second-order valence-corrected chi connectivity index (χ2v) is 6.90. The fourth-order valence-electron chi connectivity index (χ4n) is 2.56. The van der Waals surface area contributed by atoms with Gasteiger partial charge in [0.05, 0.1) is 11.1 Å². The first kappa shape index (κ1) is 20.6. The van der Waals surface area contributed by atoms with Crippen LogP contribution >= 0.6 is 15.9 Å². The highest BCUT2D eigenvalue weighted by Crippen LogP contribution is 2.30. The number of hydrogen-bond acceptors (Lipinski definition) is 2. The molecular formula is C21H14BrF3N2O2. The van der Waals surface area contributed by atoms with Crippen LogP contribution in [0.2, 0.25) is 0 Å². The molecule has 0 spiro atoms. The molecule has 0 aliphatic rings. The molecule has 0 aliphatic heterocycles. The van der Waals surface area contributed by atoms with Gasteiger partial charge in [-0.15, -0.1) is 0 Å². The predicted octanol–water partition coefficient (Wildman–Crippen LogP) is 5.97. The Labute approximate surface area is 172 Å². The van der Waals surface area contributed by atoms with Gasteiger partial charge in [0.1, 0.15) is 0 Å². The summed E-state index contributed by atoms with van der Waals surface area (Å²) in [6.45, 7) is 0. The van der Waals surface area contributed by atoms with Gasteiger partial charge in [-0.2, -0.15) is 13.2 Å². The number of benzene rings is 3. The molecule has 2 amide bonds. The summed E-state index contributed by atoms with van der Waals surface area (Å²) in [6.07, 6.45) is -4.50. The van der Waals surface area contributed by atoms with Crippen LogP contribution in [0.25, 0.3) is 0 Å². The van der Waals surface area contributed by atoms with Crippen LogP contribution in [-0.2, 0) is 6.18 Å². The van der Waals surface area contributed by atoms with Crippen molar-refractivity contribution < 1.29 is 22.8 Å². The predicted molar refractivity (Wildman–Crippen MR) is 108 cm³/mol. The minimum Gasteiger partial charge on any atom is -0.322 e. The van der Waals surface area contributed by atoms with Crippen LogP contribution in [-0.4, -0.2) is 11.8 Å². The molecule has 3 rings (SSSR count). The molecule has 148 valence electrons. The maximum absolute atomic E-state index is 12.8. The molecule has 4 nitrogen and oxygen atoms in total. The van der Waals surface area contributed by atoms with Crippen LogP contribution in [0.15, 0.2) is 77.3 Å². The topological polar surface area (TPSA) is 58.2 Å². The van der Waals surface area contributed by atoms with Crippen molar-refractivity contribution in [3.8, 4) is 0 Å². The van der Waals surface area contributed by atoms with Gasteiger partial charge in [-0.05, 0) is 64.5 Å². The van der Waals surface area contributed by atoms with Crippen molar-refractivity contribution in [2.24, 2.45) is 0 Å². The summed E-state index contributed by atoms with van der Waals surface area (Å²) < 4.78 is 39.1. The molecule has 8 heteroatoms. The number of carbonyl (C=O) groups is 2. The van der Waals surface area contributed by atoms with E-state index in [1.807, 2.05) is 0 Å². The molecule has 0 unspecified atom stereocenters. The average molecular weight is 463 g/mol. The van der Waals surface area contributed by atoms with Gasteiger partial charge in [-0.25, -0.2) is 0 Å². The van der Waals surface area contributed by atoms with Gasteiger partial charge in [-0.3, -0.25) is 9.59 Å². The Bertz CT molecular complexity index is 1070. The van der Waals surface area contributed by atoms with Crippen LogP contribution < -0.4 is 10.6 Å². The second-order valence-electron chi connectivity index (χ2n) is 6.05. The minimum absolute atomic E-state index is 0.0208. The quantitative estimate of drug-likeness (QED) is 0.501. The summed E-state index contributed by atoms with van der Waals surface area (Å²) in [4.78, 5) is 24.8. The van der Waals surface area contributed by atoms with Gasteiger partial charge in [0.25, 0.3) is 11.8 Å². The summed E-state index contributed by atoms with van der Waals surface area (Å²) >= 11 is 3.30. The summed E-state index contributed by atoms with van der Waals surface area (Å²) in [6, 6.07) is 17.3. The van der Waals surface area contributed by atoms with E-state index in [4.69, 9.17) is 0 Å². The lowest BCUT2D eigenvalue weighted by atomic mass is 10.1. The normalized spacial score (nSPS) is 11.0. The van der Waals surface area contributed by atoms with Crippen LogP contribution in [0, 0.1) is 0 Å². The van der Waals surface area contributed by atoms with E-state index < -0.39 is 17.6 Å². The maximum atomic E-state index is 12.8. The first-order valence-electron chi connectivity index (χ1n) is 8.38. The Balaban J connectivity index is 1.75. The Morgan fingerprint density at radius 1 is 0.759 bits per heavy atom. The van der Waals surface area contributed by atoms with E-state index in [2.05, 4.69) is 26.6 Å². The van der Waals surface area contributed by atoms with E-state index in [1.165, 1.54) is 24.3 Å². The highest BCUT2D eigenvalue weighted by atomic mass is 79.9. The first-order valence-corrected chi connectivity index (χ1v) is 9.18. The Morgan fingerprint density at radius 2 is 1.38 bits per heavy atom. The zero-order valence-corrected chi connectivity index (χ0v) is 16.3. The minimum atomic E-state index is -4.50. The van der Waals surface area contributed by atoms with E-state index in [0.717, 1.165) is 12.1 Å². The highest BCUT2D eigenvalue weighted by Gasteiger charge is 2.30. The fourth-order valence-corrected chi connectivity index (χ4v) is 3.02. The molecule has 0 radical (unpaired) electrons. The van der Waals surface area contributed by atoms with Gasteiger partial charge >= 0.3 is 6.18 Å². The molecule has 2 N–H and O–H groups in total. The zero-order chi connectivity index (χ0) is 21.0. The lowest BCUT2D eigenvalue weighted by molar-refractivity contribution is -0.137. The molecule has 0 aliphatic carbocycles. The number of rotatable bonds is 4. The van der Waals surface area contributed by atoms with E-state index in [-0.39, 0.29) is 17.2 Å². The molecule has 0 heterocycles. The number of carbonyl (C=O) groups excluding carboxylic acids is 2. The smallest absolute Gasteiger partial charge is 0.322 e. The number of nitrogens with one attached hydrogen (secondary N) is 2. The van der Waals surface area contributed by atoms with Crippen molar-refractivity contribution in [3.05, 3.63) is 94.0 Å².